The van der Waals surface area contributed by atoms with Crippen molar-refractivity contribution in [1.82, 2.24) is 0 Å². The van der Waals surface area contributed by atoms with Gasteiger partial charge in [0.2, 0.25) is 0 Å². The zero-order valence-electron chi connectivity index (χ0n) is 13.0. The van der Waals surface area contributed by atoms with Gasteiger partial charge < -0.3 is 0 Å². The number of benzene rings is 1. The number of carbonyl (C=O) groups excluding carboxylic acids is 1. The molecule has 0 atom stereocenters. The van der Waals surface area contributed by atoms with Gasteiger partial charge in [0.05, 0.1) is 0 Å². The Morgan fingerprint density at radius 2 is 1.53 bits per heavy atom. The van der Waals surface area contributed by atoms with Crippen LogP contribution >= 0.6 is 0 Å². The van der Waals surface area contributed by atoms with E-state index >= 15 is 0 Å². The summed E-state index contributed by atoms with van der Waals surface area (Å²) >= 11 is 0. The fourth-order valence-electron chi connectivity index (χ4n) is 2.79. The van der Waals surface area contributed by atoms with Crippen LogP contribution in [0.15, 0.2) is 18.2 Å². The Labute approximate surface area is 118 Å². The Bertz CT molecular complexity index is 400. The largest absolute Gasteiger partial charge is 0.294 e. The van der Waals surface area contributed by atoms with Crippen LogP contribution in [0.3, 0.4) is 0 Å². The van der Waals surface area contributed by atoms with E-state index in [-0.39, 0.29) is 5.92 Å². The third-order valence-electron chi connectivity index (χ3n) is 3.90. The van der Waals surface area contributed by atoms with Crippen molar-refractivity contribution in [2.24, 2.45) is 5.92 Å². The zero-order chi connectivity index (χ0) is 14.3. The van der Waals surface area contributed by atoms with Crippen LogP contribution in [0.4, 0.5) is 0 Å². The molecule has 0 unspecified atom stereocenters. The van der Waals surface area contributed by atoms with Gasteiger partial charge in [-0.15, -0.1) is 0 Å². The van der Waals surface area contributed by atoms with E-state index in [1.165, 1.54) is 11.1 Å². The van der Waals surface area contributed by atoms with Crippen LogP contribution in [0.2, 0.25) is 0 Å². The second-order valence-electron chi connectivity index (χ2n) is 5.33. The molecule has 0 aliphatic rings. The van der Waals surface area contributed by atoms with E-state index in [2.05, 4.69) is 39.8 Å². The molecule has 0 saturated heterocycles. The van der Waals surface area contributed by atoms with Crippen molar-refractivity contribution in [1.29, 1.82) is 0 Å². The average Bonchev–Trinajstić information content (AvgIpc) is 2.45. The van der Waals surface area contributed by atoms with Crippen LogP contribution in [0.5, 0.6) is 0 Å². The van der Waals surface area contributed by atoms with E-state index in [1.807, 2.05) is 6.07 Å². The highest BCUT2D eigenvalue weighted by Gasteiger charge is 2.19. The van der Waals surface area contributed by atoms with Crippen molar-refractivity contribution < 1.29 is 4.79 Å². The third-order valence-corrected chi connectivity index (χ3v) is 3.90. The number of hydrogen-bond acceptors (Lipinski definition) is 1. The summed E-state index contributed by atoms with van der Waals surface area (Å²) in [4.78, 5) is 12.6. The molecule has 0 bridgehead atoms. The minimum Gasteiger partial charge on any atom is -0.294 e. The first-order chi connectivity index (χ1) is 9.17. The molecule has 0 fully saturated rings. The molecule has 0 aliphatic carbocycles. The van der Waals surface area contributed by atoms with Gasteiger partial charge in [-0.05, 0) is 42.9 Å². The van der Waals surface area contributed by atoms with E-state index in [4.69, 9.17) is 0 Å². The van der Waals surface area contributed by atoms with Crippen LogP contribution in [0, 0.1) is 5.92 Å². The molecule has 1 aromatic rings. The highest BCUT2D eigenvalue weighted by Crippen LogP contribution is 2.22. The maximum atomic E-state index is 12.6. The Kier molecular flexibility index (Phi) is 6.83. The molecule has 0 radical (unpaired) electrons. The SMILES string of the molecule is CCCC(CCC)C(=O)c1ccc(CC)c(CC)c1. The van der Waals surface area contributed by atoms with Gasteiger partial charge in [0.1, 0.15) is 0 Å². The zero-order valence-corrected chi connectivity index (χ0v) is 13.0. The Morgan fingerprint density at radius 3 is 2.00 bits per heavy atom. The maximum Gasteiger partial charge on any atom is 0.165 e. The third kappa shape index (κ3) is 4.19. The predicted molar refractivity (Wildman–Crippen MR) is 82.8 cm³/mol. The van der Waals surface area contributed by atoms with E-state index < -0.39 is 0 Å². The van der Waals surface area contributed by atoms with Gasteiger partial charge in [0.15, 0.2) is 5.78 Å². The van der Waals surface area contributed by atoms with Gasteiger partial charge in [0, 0.05) is 11.5 Å². The van der Waals surface area contributed by atoms with E-state index in [0.29, 0.717) is 5.78 Å². The number of aryl methyl sites for hydroxylation is 2. The smallest absolute Gasteiger partial charge is 0.165 e. The molecule has 0 N–H and O–H groups in total. The summed E-state index contributed by atoms with van der Waals surface area (Å²) in [6, 6.07) is 6.29. The van der Waals surface area contributed by atoms with Gasteiger partial charge in [-0.25, -0.2) is 0 Å². The van der Waals surface area contributed by atoms with Crippen molar-refractivity contribution in [3.63, 3.8) is 0 Å². The second-order valence-corrected chi connectivity index (χ2v) is 5.33. The fraction of sp³-hybridized carbons (Fsp3) is 0.611. The monoisotopic (exact) mass is 260 g/mol. The molecule has 19 heavy (non-hydrogen) atoms. The molecule has 0 aliphatic heterocycles. The van der Waals surface area contributed by atoms with E-state index in [9.17, 15) is 4.79 Å². The topological polar surface area (TPSA) is 17.1 Å². The lowest BCUT2D eigenvalue weighted by atomic mass is 9.88. The van der Waals surface area contributed by atoms with Crippen LogP contribution < -0.4 is 0 Å². The van der Waals surface area contributed by atoms with Gasteiger partial charge in [-0.1, -0.05) is 52.7 Å². The summed E-state index contributed by atoms with van der Waals surface area (Å²) in [7, 11) is 0. The molecule has 0 aromatic heterocycles. The lowest BCUT2D eigenvalue weighted by Gasteiger charge is -2.15. The number of ketones is 1. The van der Waals surface area contributed by atoms with Gasteiger partial charge in [0.25, 0.3) is 0 Å². The number of carbonyl (C=O) groups is 1. The van der Waals surface area contributed by atoms with Crippen molar-refractivity contribution in [3.8, 4) is 0 Å². The Balaban J connectivity index is 2.97. The summed E-state index contributed by atoms with van der Waals surface area (Å²) in [5.74, 6) is 0.563. The fourth-order valence-corrected chi connectivity index (χ4v) is 2.79. The second kappa shape index (κ2) is 8.14. The molecule has 0 amide bonds. The molecule has 0 saturated carbocycles. The minimum atomic E-state index is 0.215. The first-order valence-corrected chi connectivity index (χ1v) is 7.83. The molecule has 1 heteroatoms. The van der Waals surface area contributed by atoms with Crippen molar-refractivity contribution in [3.05, 3.63) is 34.9 Å². The minimum absolute atomic E-state index is 0.215. The summed E-state index contributed by atoms with van der Waals surface area (Å²) in [6.45, 7) is 8.66. The predicted octanol–water partition coefficient (Wildman–Crippen LogP) is 5.21. The molecule has 1 aromatic carbocycles. The summed E-state index contributed by atoms with van der Waals surface area (Å²) < 4.78 is 0. The molecule has 1 nitrogen and oxygen atoms in total. The number of rotatable bonds is 8. The molecule has 1 rings (SSSR count). The van der Waals surface area contributed by atoms with Gasteiger partial charge in [-0.2, -0.15) is 0 Å². The van der Waals surface area contributed by atoms with Crippen molar-refractivity contribution in [2.45, 2.75) is 66.2 Å². The summed E-state index contributed by atoms with van der Waals surface area (Å²) in [5, 5.41) is 0. The number of Topliss-reactive ketones (excluding diaryl/α,β-unsaturated/α-hetero) is 1. The standard InChI is InChI=1S/C18H28O/c1-5-9-16(10-6-2)18(19)17-12-11-14(7-3)15(8-4)13-17/h11-13,16H,5-10H2,1-4H3. The quantitative estimate of drug-likeness (QED) is 0.586. The van der Waals surface area contributed by atoms with E-state index in [1.54, 1.807) is 0 Å². The molecule has 106 valence electrons. The van der Waals surface area contributed by atoms with Crippen molar-refractivity contribution >= 4 is 5.78 Å². The van der Waals surface area contributed by atoms with Gasteiger partial charge in [-0.3, -0.25) is 4.79 Å². The maximum absolute atomic E-state index is 12.6. The molecular formula is C18H28O. The Hall–Kier alpha value is -1.11. The normalized spacial score (nSPS) is 11.0. The highest BCUT2D eigenvalue weighted by molar-refractivity contribution is 5.98. The van der Waals surface area contributed by atoms with E-state index in [0.717, 1.165) is 44.1 Å². The van der Waals surface area contributed by atoms with Crippen LogP contribution in [-0.2, 0) is 12.8 Å². The first-order valence-electron chi connectivity index (χ1n) is 7.83. The highest BCUT2D eigenvalue weighted by atomic mass is 16.1. The lowest BCUT2D eigenvalue weighted by Crippen LogP contribution is -2.15. The van der Waals surface area contributed by atoms with Crippen LogP contribution in [0.1, 0.15) is 74.9 Å². The molecular weight excluding hydrogens is 232 g/mol. The average molecular weight is 260 g/mol. The van der Waals surface area contributed by atoms with Crippen LogP contribution in [0.25, 0.3) is 0 Å². The molecule has 0 spiro atoms. The van der Waals surface area contributed by atoms with Crippen molar-refractivity contribution in [2.75, 3.05) is 0 Å². The van der Waals surface area contributed by atoms with Gasteiger partial charge >= 0.3 is 0 Å². The summed E-state index contributed by atoms with van der Waals surface area (Å²) in [6.07, 6.45) is 6.27. The lowest BCUT2D eigenvalue weighted by molar-refractivity contribution is 0.0905. The first kappa shape index (κ1) is 15.9. The number of hydrogen-bond donors (Lipinski definition) is 0. The van der Waals surface area contributed by atoms with Crippen LogP contribution in [-0.4, -0.2) is 5.78 Å². The molecule has 0 heterocycles. The Morgan fingerprint density at radius 1 is 0.947 bits per heavy atom. The summed E-state index contributed by atoms with van der Waals surface area (Å²) in [5.41, 5.74) is 3.63.